The molecule has 3 aromatic rings. The molecule has 0 spiro atoms. The molecular formula is C21H18BrCl2F2N5O2S. The number of halogens is 5. The highest BCUT2D eigenvalue weighted by Gasteiger charge is 2.21. The highest BCUT2D eigenvalue weighted by atomic mass is 79.9. The molecule has 1 aromatic heterocycles. The van der Waals surface area contributed by atoms with Crippen LogP contribution in [0, 0.1) is 11.6 Å². The zero-order chi connectivity index (χ0) is 25.0. The van der Waals surface area contributed by atoms with E-state index in [4.69, 9.17) is 23.2 Å². The Kier molecular flexibility index (Phi) is 8.91. The maximum absolute atomic E-state index is 13.9. The van der Waals surface area contributed by atoms with Crippen LogP contribution in [0.1, 0.15) is 36.1 Å². The van der Waals surface area contributed by atoms with Crippen molar-refractivity contribution in [1.82, 2.24) is 20.1 Å². The van der Waals surface area contributed by atoms with Gasteiger partial charge in [-0.15, -0.1) is 10.2 Å². The molecule has 34 heavy (non-hydrogen) atoms. The maximum atomic E-state index is 13.9. The van der Waals surface area contributed by atoms with Gasteiger partial charge in [0.2, 0.25) is 5.91 Å². The van der Waals surface area contributed by atoms with Crippen LogP contribution in [0.3, 0.4) is 0 Å². The van der Waals surface area contributed by atoms with Crippen molar-refractivity contribution in [2.45, 2.75) is 31.6 Å². The summed E-state index contributed by atoms with van der Waals surface area (Å²) in [6.07, 6.45) is 0. The van der Waals surface area contributed by atoms with Gasteiger partial charge in [0.1, 0.15) is 5.82 Å². The largest absolute Gasteiger partial charge is 0.342 e. The van der Waals surface area contributed by atoms with E-state index in [2.05, 4.69) is 36.8 Å². The third-order valence-corrected chi connectivity index (χ3v) is 6.91. The van der Waals surface area contributed by atoms with Gasteiger partial charge in [-0.3, -0.25) is 9.59 Å². The molecule has 0 aliphatic heterocycles. The van der Waals surface area contributed by atoms with E-state index in [1.54, 1.807) is 17.6 Å². The third kappa shape index (κ3) is 6.26. The van der Waals surface area contributed by atoms with E-state index in [-0.39, 0.29) is 26.8 Å². The first kappa shape index (κ1) is 26.4. The molecule has 2 aromatic carbocycles. The SMILES string of the molecule is CCn1c(SCC(=O)Nc2c(F)cc(F)cc2Br)nnc1[C@H](C)NC(=O)c1ccc(Cl)c(Cl)c1. The number of thioether (sulfide) groups is 1. The average molecular weight is 593 g/mol. The molecule has 180 valence electrons. The summed E-state index contributed by atoms with van der Waals surface area (Å²) < 4.78 is 29.0. The number of rotatable bonds is 8. The Morgan fingerprint density at radius 3 is 2.56 bits per heavy atom. The number of hydrogen-bond donors (Lipinski definition) is 2. The van der Waals surface area contributed by atoms with Crippen molar-refractivity contribution in [3.63, 3.8) is 0 Å². The molecule has 0 aliphatic carbocycles. The summed E-state index contributed by atoms with van der Waals surface area (Å²) in [6.45, 7) is 4.11. The minimum Gasteiger partial charge on any atom is -0.342 e. The van der Waals surface area contributed by atoms with Gasteiger partial charge in [0.05, 0.1) is 27.5 Å². The average Bonchev–Trinajstić information content (AvgIpc) is 3.19. The lowest BCUT2D eigenvalue weighted by Crippen LogP contribution is -2.28. The molecule has 0 bridgehead atoms. The first-order valence-corrected chi connectivity index (χ1v) is 12.4. The molecule has 0 fully saturated rings. The summed E-state index contributed by atoms with van der Waals surface area (Å²) >= 11 is 16.0. The smallest absolute Gasteiger partial charge is 0.251 e. The maximum Gasteiger partial charge on any atom is 0.251 e. The summed E-state index contributed by atoms with van der Waals surface area (Å²) in [5.41, 5.74) is 0.192. The number of benzene rings is 2. The van der Waals surface area contributed by atoms with E-state index in [1.165, 1.54) is 12.1 Å². The molecule has 3 rings (SSSR count). The number of anilines is 1. The van der Waals surface area contributed by atoms with Gasteiger partial charge in [-0.05, 0) is 54.0 Å². The van der Waals surface area contributed by atoms with Crippen LogP contribution < -0.4 is 10.6 Å². The number of nitrogens with one attached hydrogen (secondary N) is 2. The fourth-order valence-electron chi connectivity index (χ4n) is 2.97. The second-order valence-corrected chi connectivity index (χ2v) is 9.60. The molecule has 0 unspecified atom stereocenters. The lowest BCUT2D eigenvalue weighted by Gasteiger charge is -2.15. The van der Waals surface area contributed by atoms with Gasteiger partial charge in [0, 0.05) is 22.6 Å². The normalized spacial score (nSPS) is 11.9. The van der Waals surface area contributed by atoms with Crippen molar-refractivity contribution < 1.29 is 18.4 Å². The summed E-state index contributed by atoms with van der Waals surface area (Å²) in [4.78, 5) is 24.9. The van der Waals surface area contributed by atoms with Gasteiger partial charge >= 0.3 is 0 Å². The Bertz CT molecular complexity index is 1220. The number of aromatic nitrogens is 3. The summed E-state index contributed by atoms with van der Waals surface area (Å²) in [7, 11) is 0. The number of carbonyl (C=O) groups is 2. The third-order valence-electron chi connectivity index (χ3n) is 4.58. The number of hydrogen-bond acceptors (Lipinski definition) is 5. The van der Waals surface area contributed by atoms with Gasteiger partial charge in [0.25, 0.3) is 5.91 Å². The summed E-state index contributed by atoms with van der Waals surface area (Å²) in [6, 6.07) is 5.80. The Balaban J connectivity index is 1.66. The van der Waals surface area contributed by atoms with Crippen molar-refractivity contribution >= 4 is 68.4 Å². The highest BCUT2D eigenvalue weighted by molar-refractivity contribution is 9.10. The van der Waals surface area contributed by atoms with E-state index >= 15 is 0 Å². The first-order valence-electron chi connectivity index (χ1n) is 9.86. The topological polar surface area (TPSA) is 88.9 Å². The van der Waals surface area contributed by atoms with Crippen LogP contribution >= 0.6 is 50.9 Å². The summed E-state index contributed by atoms with van der Waals surface area (Å²) in [5.74, 6) is -2.13. The standard InChI is InChI=1S/C21H18BrCl2F2N5O2S/c1-3-31-19(10(2)27-20(33)11-4-5-14(23)15(24)6-11)29-30-21(31)34-9-17(32)28-18-13(22)7-12(25)8-16(18)26/h4-8,10H,3,9H2,1-2H3,(H,27,33)(H,28,32)/t10-/m0/s1. The first-order chi connectivity index (χ1) is 16.1. The van der Waals surface area contributed by atoms with Gasteiger partial charge in [-0.2, -0.15) is 0 Å². The van der Waals surface area contributed by atoms with Gasteiger partial charge < -0.3 is 15.2 Å². The molecule has 13 heteroatoms. The van der Waals surface area contributed by atoms with Crippen LogP contribution in [0.15, 0.2) is 40.0 Å². The van der Waals surface area contributed by atoms with Gasteiger partial charge in [-0.25, -0.2) is 8.78 Å². The molecule has 0 aliphatic rings. The van der Waals surface area contributed by atoms with Gasteiger partial charge in [0.15, 0.2) is 16.8 Å². The predicted octanol–water partition coefficient (Wildman–Crippen LogP) is 5.87. The van der Waals surface area contributed by atoms with E-state index in [1.807, 2.05) is 6.92 Å². The monoisotopic (exact) mass is 591 g/mol. The highest BCUT2D eigenvalue weighted by Crippen LogP contribution is 2.28. The zero-order valence-corrected chi connectivity index (χ0v) is 21.7. The molecule has 2 N–H and O–H groups in total. The molecule has 0 saturated heterocycles. The Morgan fingerprint density at radius 1 is 1.18 bits per heavy atom. The number of nitrogens with zero attached hydrogens (tertiary/aromatic N) is 3. The van der Waals surface area contributed by atoms with E-state index in [0.717, 1.165) is 17.8 Å². The number of amides is 2. The molecule has 1 atom stereocenters. The van der Waals surface area contributed by atoms with Crippen LogP contribution in [0.5, 0.6) is 0 Å². The number of carbonyl (C=O) groups excluding carboxylic acids is 2. The zero-order valence-electron chi connectivity index (χ0n) is 17.8. The fourth-order valence-corrected chi connectivity index (χ4v) is 4.59. The minimum atomic E-state index is -0.893. The molecule has 0 radical (unpaired) electrons. The van der Waals surface area contributed by atoms with E-state index in [0.29, 0.717) is 34.2 Å². The second kappa shape index (κ2) is 11.5. The van der Waals surface area contributed by atoms with Crippen LogP contribution in [0.25, 0.3) is 0 Å². The predicted molar refractivity (Wildman–Crippen MR) is 131 cm³/mol. The molecular weight excluding hydrogens is 575 g/mol. The van der Waals surface area contributed by atoms with Crippen LogP contribution in [0.4, 0.5) is 14.5 Å². The quantitative estimate of drug-likeness (QED) is 0.320. The Labute approximate surface area is 216 Å². The van der Waals surface area contributed by atoms with Crippen LogP contribution in [0.2, 0.25) is 10.0 Å². The lowest BCUT2D eigenvalue weighted by atomic mass is 10.2. The molecule has 2 amide bonds. The van der Waals surface area contributed by atoms with Gasteiger partial charge in [-0.1, -0.05) is 35.0 Å². The Hall–Kier alpha value is -2.21. The van der Waals surface area contributed by atoms with E-state index in [9.17, 15) is 18.4 Å². The van der Waals surface area contributed by atoms with Crippen molar-refractivity contribution in [2.75, 3.05) is 11.1 Å². The van der Waals surface area contributed by atoms with Crippen molar-refractivity contribution in [1.29, 1.82) is 0 Å². The summed E-state index contributed by atoms with van der Waals surface area (Å²) in [5, 5.41) is 14.6. The minimum absolute atomic E-state index is 0.0916. The molecule has 1 heterocycles. The van der Waals surface area contributed by atoms with Crippen molar-refractivity contribution in [3.05, 3.63) is 67.9 Å². The molecule has 0 saturated carbocycles. The second-order valence-electron chi connectivity index (χ2n) is 6.99. The molecule has 7 nitrogen and oxygen atoms in total. The van der Waals surface area contributed by atoms with Crippen LogP contribution in [-0.4, -0.2) is 32.3 Å². The Morgan fingerprint density at radius 2 is 1.91 bits per heavy atom. The van der Waals surface area contributed by atoms with Crippen molar-refractivity contribution in [2.24, 2.45) is 0 Å². The van der Waals surface area contributed by atoms with Crippen molar-refractivity contribution in [3.8, 4) is 0 Å². The van der Waals surface area contributed by atoms with E-state index < -0.39 is 23.6 Å². The van der Waals surface area contributed by atoms with Crippen LogP contribution in [-0.2, 0) is 11.3 Å². The lowest BCUT2D eigenvalue weighted by molar-refractivity contribution is -0.113. The fraction of sp³-hybridized carbons (Fsp3) is 0.238.